The zero-order valence-corrected chi connectivity index (χ0v) is 21.1. The highest BCUT2D eigenvalue weighted by Crippen LogP contribution is 2.65. The lowest BCUT2D eigenvalue weighted by Gasteiger charge is -2.36. The first-order chi connectivity index (χ1) is 16.8. The number of carbonyl (C=O) groups is 3. The van der Waals surface area contributed by atoms with E-state index in [1.165, 1.54) is 11.8 Å². The van der Waals surface area contributed by atoms with Gasteiger partial charge in [-0.25, -0.2) is 0 Å². The third kappa shape index (κ3) is 3.90. The maximum Gasteiger partial charge on any atom is 0.311 e. The first-order valence-corrected chi connectivity index (χ1v) is 13.2. The van der Waals surface area contributed by atoms with Gasteiger partial charge in [-0.15, -0.1) is 11.8 Å². The van der Waals surface area contributed by atoms with Crippen LogP contribution in [0.15, 0.2) is 48.6 Å². The normalized spacial score (nSPS) is 33.8. The highest BCUT2D eigenvalue weighted by Gasteiger charge is 2.74. The van der Waals surface area contributed by atoms with Gasteiger partial charge in [-0.2, -0.15) is 0 Å². The van der Waals surface area contributed by atoms with E-state index < -0.39 is 27.4 Å². The molecule has 9 heteroatoms. The number of ether oxygens (including phenoxy) is 1. The predicted molar refractivity (Wildman–Crippen MR) is 135 cm³/mol. The number of likely N-dealkylation sites (tertiary alicyclic amines) is 1. The molecule has 1 unspecified atom stereocenters. The fraction of sp³-hybridized carbons (Fsp3) is 0.500. The van der Waals surface area contributed by atoms with E-state index >= 15 is 0 Å². The second kappa shape index (κ2) is 9.30. The standard InChI is InChI=1S/C26H29ClN2O5S/c1-25-11-6-16-34-24(33)20(25)19-22(31)29(13-3-2-4-15-30)21-23(32)28(14-5-12-26(19,21)35-25)18-9-7-17(27)8-10-18/h5-12,19-21,30H,2-4,13-16H2,1H3/t19-,20-,21?,25+,26-/m0/s1. The summed E-state index contributed by atoms with van der Waals surface area (Å²) in [5.41, 5.74) is 0.708. The summed E-state index contributed by atoms with van der Waals surface area (Å²) in [6, 6.07) is 6.35. The van der Waals surface area contributed by atoms with Crippen LogP contribution in [0.25, 0.3) is 0 Å². The molecule has 0 bridgehead atoms. The second-order valence-electron chi connectivity index (χ2n) is 9.67. The number of rotatable bonds is 6. The number of thioether (sulfide) groups is 1. The number of aliphatic hydroxyl groups is 1. The molecule has 5 atom stereocenters. The molecule has 5 rings (SSSR count). The van der Waals surface area contributed by atoms with Crippen LogP contribution in [0.5, 0.6) is 0 Å². The minimum absolute atomic E-state index is 0.0877. The zero-order chi connectivity index (χ0) is 24.8. The maximum atomic E-state index is 14.2. The number of benzene rings is 1. The van der Waals surface area contributed by atoms with E-state index in [9.17, 15) is 19.5 Å². The van der Waals surface area contributed by atoms with Crippen molar-refractivity contribution in [2.75, 3.05) is 31.2 Å². The summed E-state index contributed by atoms with van der Waals surface area (Å²) in [5, 5.41) is 9.76. The summed E-state index contributed by atoms with van der Waals surface area (Å²) in [6.07, 6.45) is 9.78. The van der Waals surface area contributed by atoms with Crippen LogP contribution >= 0.6 is 23.4 Å². The van der Waals surface area contributed by atoms with Crippen LogP contribution in [0, 0.1) is 11.8 Å². The van der Waals surface area contributed by atoms with Crippen LogP contribution in [0.4, 0.5) is 5.69 Å². The molecule has 186 valence electrons. The van der Waals surface area contributed by atoms with Gasteiger partial charge in [0.25, 0.3) is 5.91 Å². The molecule has 4 aliphatic rings. The highest BCUT2D eigenvalue weighted by atomic mass is 35.5. The van der Waals surface area contributed by atoms with Gasteiger partial charge in [-0.05, 0) is 56.5 Å². The van der Waals surface area contributed by atoms with E-state index in [4.69, 9.17) is 16.3 Å². The third-order valence-electron chi connectivity index (χ3n) is 7.51. The Hall–Kier alpha value is -2.29. The topological polar surface area (TPSA) is 87.1 Å². The number of fused-ring (bicyclic) bond motifs is 2. The van der Waals surface area contributed by atoms with E-state index in [-0.39, 0.29) is 31.0 Å². The lowest BCUT2D eigenvalue weighted by atomic mass is 9.75. The molecule has 7 nitrogen and oxygen atoms in total. The third-order valence-corrected chi connectivity index (χ3v) is 9.56. The fourth-order valence-electron chi connectivity index (χ4n) is 6.02. The van der Waals surface area contributed by atoms with Crippen LogP contribution < -0.4 is 4.90 Å². The monoisotopic (exact) mass is 516 g/mol. The predicted octanol–water partition coefficient (Wildman–Crippen LogP) is 3.21. The molecule has 0 saturated carbocycles. The minimum atomic E-state index is -0.883. The molecule has 2 amide bonds. The van der Waals surface area contributed by atoms with E-state index in [1.54, 1.807) is 34.1 Å². The van der Waals surface area contributed by atoms with Crippen molar-refractivity contribution >= 4 is 46.8 Å². The number of cyclic esters (lactones) is 1. The molecule has 0 radical (unpaired) electrons. The summed E-state index contributed by atoms with van der Waals surface area (Å²) in [4.78, 5) is 44.8. The highest BCUT2D eigenvalue weighted by molar-refractivity contribution is 8.02. The Morgan fingerprint density at radius 3 is 2.57 bits per heavy atom. The van der Waals surface area contributed by atoms with Gasteiger partial charge in [-0.3, -0.25) is 14.4 Å². The maximum absolute atomic E-state index is 14.2. The van der Waals surface area contributed by atoms with E-state index in [0.29, 0.717) is 36.6 Å². The van der Waals surface area contributed by atoms with Crippen molar-refractivity contribution in [3.05, 3.63) is 53.6 Å². The Kier molecular flexibility index (Phi) is 6.48. The summed E-state index contributed by atoms with van der Waals surface area (Å²) in [7, 11) is 0. The molecule has 1 aromatic carbocycles. The van der Waals surface area contributed by atoms with Crippen molar-refractivity contribution in [1.29, 1.82) is 0 Å². The zero-order valence-electron chi connectivity index (χ0n) is 19.6. The molecule has 2 fully saturated rings. The quantitative estimate of drug-likeness (QED) is 0.355. The van der Waals surface area contributed by atoms with Crippen LogP contribution in [0.1, 0.15) is 26.2 Å². The second-order valence-corrected chi connectivity index (χ2v) is 11.9. The number of aliphatic hydroxyl groups excluding tert-OH is 1. The molecule has 4 heterocycles. The molecular weight excluding hydrogens is 488 g/mol. The van der Waals surface area contributed by atoms with Gasteiger partial charge < -0.3 is 19.6 Å². The number of esters is 1. The number of hydrogen-bond acceptors (Lipinski definition) is 6. The van der Waals surface area contributed by atoms with E-state index in [2.05, 4.69) is 0 Å². The Labute approximate surface area is 214 Å². The summed E-state index contributed by atoms with van der Waals surface area (Å²) >= 11 is 7.61. The Balaban J connectivity index is 1.59. The number of nitrogens with zero attached hydrogens (tertiary/aromatic N) is 2. The first kappa shape index (κ1) is 24.4. The van der Waals surface area contributed by atoms with Gasteiger partial charge in [0.2, 0.25) is 5.91 Å². The molecule has 2 saturated heterocycles. The number of amides is 2. The summed E-state index contributed by atoms with van der Waals surface area (Å²) < 4.78 is 3.91. The fourth-order valence-corrected chi connectivity index (χ4v) is 8.30. The van der Waals surface area contributed by atoms with Crippen LogP contribution in [-0.4, -0.2) is 69.6 Å². The van der Waals surface area contributed by atoms with E-state index in [1.807, 2.05) is 31.2 Å². The number of hydrogen-bond donors (Lipinski definition) is 1. The largest absolute Gasteiger partial charge is 0.461 e. The Morgan fingerprint density at radius 1 is 1.06 bits per heavy atom. The van der Waals surface area contributed by atoms with Crippen molar-refractivity contribution in [2.24, 2.45) is 11.8 Å². The molecule has 4 aliphatic heterocycles. The van der Waals surface area contributed by atoms with Crippen LogP contribution in [0.3, 0.4) is 0 Å². The average molecular weight is 517 g/mol. The minimum Gasteiger partial charge on any atom is -0.461 e. The van der Waals surface area contributed by atoms with Gasteiger partial charge in [0.05, 0.1) is 16.6 Å². The SMILES string of the molecule is C[C@@]12C=CCOC(=O)[C@@H]1[C@H]1C(=O)N(CCCCCO)C3C(=O)N(c4ccc(Cl)cc4)CC=C[C@@]31S2. The Bertz CT molecular complexity index is 1090. The molecule has 1 aromatic rings. The molecule has 1 spiro atoms. The van der Waals surface area contributed by atoms with Gasteiger partial charge in [0.15, 0.2) is 0 Å². The number of anilines is 1. The van der Waals surface area contributed by atoms with Crippen molar-refractivity contribution in [3.8, 4) is 0 Å². The molecule has 1 N–H and O–H groups in total. The van der Waals surface area contributed by atoms with Gasteiger partial charge in [0, 0.05) is 35.2 Å². The first-order valence-electron chi connectivity index (χ1n) is 12.0. The van der Waals surface area contributed by atoms with Gasteiger partial charge in [0.1, 0.15) is 12.6 Å². The lowest BCUT2D eigenvalue weighted by Crippen LogP contribution is -2.53. The van der Waals surface area contributed by atoms with Crippen molar-refractivity contribution in [3.63, 3.8) is 0 Å². The van der Waals surface area contributed by atoms with E-state index in [0.717, 1.165) is 6.42 Å². The van der Waals surface area contributed by atoms with Crippen molar-refractivity contribution < 1.29 is 24.2 Å². The number of halogens is 1. The number of unbranched alkanes of at least 4 members (excludes halogenated alkanes) is 2. The van der Waals surface area contributed by atoms with Crippen molar-refractivity contribution in [1.82, 2.24) is 4.90 Å². The van der Waals surface area contributed by atoms with Crippen molar-refractivity contribution in [2.45, 2.75) is 41.7 Å². The van der Waals surface area contributed by atoms with Gasteiger partial charge in [-0.1, -0.05) is 29.8 Å². The summed E-state index contributed by atoms with van der Waals surface area (Å²) in [5.74, 6) is -2.10. The van der Waals surface area contributed by atoms with Crippen LogP contribution in [0.2, 0.25) is 5.02 Å². The van der Waals surface area contributed by atoms with Crippen LogP contribution in [-0.2, 0) is 19.1 Å². The smallest absolute Gasteiger partial charge is 0.311 e. The molecular formula is C26H29ClN2O5S. The summed E-state index contributed by atoms with van der Waals surface area (Å²) in [6.45, 7) is 3.00. The lowest BCUT2D eigenvalue weighted by molar-refractivity contribution is -0.152. The molecule has 0 aromatic heterocycles. The molecule has 35 heavy (non-hydrogen) atoms. The Morgan fingerprint density at radius 2 is 1.83 bits per heavy atom. The average Bonchev–Trinajstić information content (AvgIpc) is 3.08. The van der Waals surface area contributed by atoms with Gasteiger partial charge >= 0.3 is 5.97 Å². The number of carbonyl (C=O) groups excluding carboxylic acids is 3. The molecule has 0 aliphatic carbocycles.